The monoisotopic (exact) mass is 260 g/mol. The highest BCUT2D eigenvalue weighted by Crippen LogP contribution is 2.37. The van der Waals surface area contributed by atoms with Gasteiger partial charge in [-0.1, -0.05) is 0 Å². The molecule has 0 spiro atoms. The number of hydrogen-bond acceptors (Lipinski definition) is 2. The Balaban J connectivity index is 1.82. The van der Waals surface area contributed by atoms with Crippen molar-refractivity contribution < 1.29 is 13.6 Å². The first-order chi connectivity index (χ1) is 8.52. The zero-order chi connectivity index (χ0) is 13.2. The van der Waals surface area contributed by atoms with Gasteiger partial charge in [0.2, 0.25) is 11.8 Å². The fraction of sp³-hybridized carbons (Fsp3) is 0.923. The summed E-state index contributed by atoms with van der Waals surface area (Å²) >= 11 is 0. The van der Waals surface area contributed by atoms with Crippen LogP contribution in [0.4, 0.5) is 8.78 Å². The van der Waals surface area contributed by atoms with E-state index in [2.05, 4.69) is 0 Å². The molecule has 0 bridgehead atoms. The predicted octanol–water partition coefficient (Wildman–Crippen LogP) is 2.01. The summed E-state index contributed by atoms with van der Waals surface area (Å²) in [4.78, 5) is 14.1. The standard InChI is InChI=1S/C13H22F2N2O/c14-13(15)5-1-11(2-6-13)12(18)17-7-3-10(9-16)4-8-17/h10-11H,1-9,16H2. The van der Waals surface area contributed by atoms with Crippen LogP contribution in [0.1, 0.15) is 38.5 Å². The number of rotatable bonds is 2. The lowest BCUT2D eigenvalue weighted by Crippen LogP contribution is -2.44. The van der Waals surface area contributed by atoms with Crippen molar-refractivity contribution in [1.82, 2.24) is 4.90 Å². The largest absolute Gasteiger partial charge is 0.342 e. The van der Waals surface area contributed by atoms with E-state index in [-0.39, 0.29) is 24.7 Å². The third kappa shape index (κ3) is 3.19. The molecule has 1 aliphatic carbocycles. The van der Waals surface area contributed by atoms with E-state index in [0.717, 1.165) is 25.9 Å². The van der Waals surface area contributed by atoms with Crippen molar-refractivity contribution in [2.75, 3.05) is 19.6 Å². The number of nitrogens with zero attached hydrogens (tertiary/aromatic N) is 1. The average Bonchev–Trinajstić information content (AvgIpc) is 2.38. The van der Waals surface area contributed by atoms with E-state index in [1.54, 1.807) is 0 Å². The van der Waals surface area contributed by atoms with E-state index < -0.39 is 5.92 Å². The summed E-state index contributed by atoms with van der Waals surface area (Å²) in [6.45, 7) is 2.17. The SMILES string of the molecule is NCC1CCN(C(=O)C2CCC(F)(F)CC2)CC1. The molecule has 2 aliphatic rings. The summed E-state index contributed by atoms with van der Waals surface area (Å²) in [6.07, 6.45) is 2.30. The van der Waals surface area contributed by atoms with Crippen molar-refractivity contribution in [3.8, 4) is 0 Å². The van der Waals surface area contributed by atoms with Crippen LogP contribution >= 0.6 is 0 Å². The minimum Gasteiger partial charge on any atom is -0.342 e. The maximum Gasteiger partial charge on any atom is 0.248 e. The molecule has 5 heteroatoms. The number of carbonyl (C=O) groups is 1. The van der Waals surface area contributed by atoms with Gasteiger partial charge in [0, 0.05) is 31.8 Å². The fourth-order valence-electron chi connectivity index (χ4n) is 2.93. The zero-order valence-corrected chi connectivity index (χ0v) is 10.7. The maximum absolute atomic E-state index is 13.0. The lowest BCUT2D eigenvalue weighted by Gasteiger charge is -2.36. The Morgan fingerprint density at radius 3 is 2.22 bits per heavy atom. The first-order valence-corrected chi connectivity index (χ1v) is 6.88. The molecule has 0 aromatic carbocycles. The van der Waals surface area contributed by atoms with Crippen LogP contribution in [0.3, 0.4) is 0 Å². The number of halogens is 2. The molecule has 3 nitrogen and oxygen atoms in total. The van der Waals surface area contributed by atoms with Gasteiger partial charge in [-0.25, -0.2) is 8.78 Å². The molecule has 2 N–H and O–H groups in total. The molecular formula is C13H22F2N2O. The van der Waals surface area contributed by atoms with E-state index >= 15 is 0 Å². The van der Waals surface area contributed by atoms with Crippen LogP contribution in [-0.2, 0) is 4.79 Å². The molecule has 0 radical (unpaired) electrons. The van der Waals surface area contributed by atoms with Gasteiger partial charge in [-0.3, -0.25) is 4.79 Å². The van der Waals surface area contributed by atoms with Crippen LogP contribution in [0.25, 0.3) is 0 Å². The number of hydrogen-bond donors (Lipinski definition) is 1. The molecule has 18 heavy (non-hydrogen) atoms. The fourth-order valence-corrected chi connectivity index (χ4v) is 2.93. The van der Waals surface area contributed by atoms with Gasteiger partial charge in [0.15, 0.2) is 0 Å². The maximum atomic E-state index is 13.0. The molecule has 1 saturated heterocycles. The van der Waals surface area contributed by atoms with E-state index in [1.165, 1.54) is 0 Å². The average molecular weight is 260 g/mol. The number of piperidine rings is 1. The Labute approximate surface area is 107 Å². The van der Waals surface area contributed by atoms with Crippen molar-refractivity contribution >= 4 is 5.91 Å². The van der Waals surface area contributed by atoms with Crippen molar-refractivity contribution in [1.29, 1.82) is 0 Å². The smallest absolute Gasteiger partial charge is 0.248 e. The van der Waals surface area contributed by atoms with E-state index in [9.17, 15) is 13.6 Å². The van der Waals surface area contributed by atoms with Crippen molar-refractivity contribution in [2.24, 2.45) is 17.6 Å². The third-order valence-corrected chi connectivity index (χ3v) is 4.33. The number of likely N-dealkylation sites (tertiary alicyclic amines) is 1. The van der Waals surface area contributed by atoms with Crippen LogP contribution in [0.2, 0.25) is 0 Å². The molecule has 0 unspecified atom stereocenters. The molecule has 2 rings (SSSR count). The third-order valence-electron chi connectivity index (χ3n) is 4.33. The summed E-state index contributed by atoms with van der Waals surface area (Å²) in [5.41, 5.74) is 5.61. The van der Waals surface area contributed by atoms with Crippen molar-refractivity contribution in [2.45, 2.75) is 44.4 Å². The molecular weight excluding hydrogens is 238 g/mol. The Morgan fingerprint density at radius 2 is 1.72 bits per heavy atom. The highest BCUT2D eigenvalue weighted by Gasteiger charge is 2.39. The van der Waals surface area contributed by atoms with Gasteiger partial charge in [-0.2, -0.15) is 0 Å². The van der Waals surface area contributed by atoms with Gasteiger partial charge < -0.3 is 10.6 Å². The van der Waals surface area contributed by atoms with Gasteiger partial charge in [0.25, 0.3) is 0 Å². The van der Waals surface area contributed by atoms with Crippen LogP contribution < -0.4 is 5.73 Å². The molecule has 1 aliphatic heterocycles. The Bertz CT molecular complexity index is 291. The minimum absolute atomic E-state index is 0.0842. The Kier molecular flexibility index (Phi) is 4.20. The first kappa shape index (κ1) is 13.7. The van der Waals surface area contributed by atoms with Gasteiger partial charge in [-0.15, -0.1) is 0 Å². The Hall–Kier alpha value is -0.710. The molecule has 104 valence electrons. The second-order valence-corrected chi connectivity index (χ2v) is 5.63. The van der Waals surface area contributed by atoms with Gasteiger partial charge in [0.1, 0.15) is 0 Å². The molecule has 0 aromatic heterocycles. The lowest BCUT2D eigenvalue weighted by molar-refractivity contribution is -0.141. The van der Waals surface area contributed by atoms with Crippen LogP contribution in [-0.4, -0.2) is 36.4 Å². The number of alkyl halides is 2. The topological polar surface area (TPSA) is 46.3 Å². The summed E-state index contributed by atoms with van der Waals surface area (Å²) in [6, 6.07) is 0. The second kappa shape index (κ2) is 5.51. The van der Waals surface area contributed by atoms with E-state index in [4.69, 9.17) is 5.73 Å². The Morgan fingerprint density at radius 1 is 1.17 bits per heavy atom. The number of amides is 1. The number of nitrogens with two attached hydrogens (primary N) is 1. The summed E-state index contributed by atoms with van der Waals surface area (Å²) in [5.74, 6) is -2.13. The molecule has 2 fully saturated rings. The number of carbonyl (C=O) groups excluding carboxylic acids is 1. The quantitative estimate of drug-likeness (QED) is 0.825. The normalized spacial score (nSPS) is 26.3. The van der Waals surface area contributed by atoms with Crippen LogP contribution in [0, 0.1) is 11.8 Å². The van der Waals surface area contributed by atoms with Gasteiger partial charge in [0.05, 0.1) is 0 Å². The van der Waals surface area contributed by atoms with Crippen molar-refractivity contribution in [3.05, 3.63) is 0 Å². The van der Waals surface area contributed by atoms with Crippen LogP contribution in [0.15, 0.2) is 0 Å². The summed E-state index contributed by atoms with van der Waals surface area (Å²) < 4.78 is 26.1. The zero-order valence-electron chi connectivity index (χ0n) is 10.7. The molecule has 1 amide bonds. The molecule has 0 aromatic rings. The van der Waals surface area contributed by atoms with E-state index in [1.807, 2.05) is 4.90 Å². The minimum atomic E-state index is -2.55. The molecule has 1 heterocycles. The summed E-state index contributed by atoms with van der Waals surface area (Å²) in [7, 11) is 0. The van der Waals surface area contributed by atoms with Crippen LogP contribution in [0.5, 0.6) is 0 Å². The second-order valence-electron chi connectivity index (χ2n) is 5.63. The van der Waals surface area contributed by atoms with Crippen molar-refractivity contribution in [3.63, 3.8) is 0 Å². The summed E-state index contributed by atoms with van der Waals surface area (Å²) in [5, 5.41) is 0. The molecule has 0 atom stereocenters. The van der Waals surface area contributed by atoms with Gasteiger partial charge >= 0.3 is 0 Å². The van der Waals surface area contributed by atoms with E-state index in [0.29, 0.717) is 25.3 Å². The highest BCUT2D eigenvalue weighted by molar-refractivity contribution is 5.79. The lowest BCUT2D eigenvalue weighted by atomic mass is 9.85. The predicted molar refractivity (Wildman–Crippen MR) is 65.3 cm³/mol. The van der Waals surface area contributed by atoms with Gasteiger partial charge in [-0.05, 0) is 38.1 Å². The first-order valence-electron chi connectivity index (χ1n) is 6.88. The molecule has 1 saturated carbocycles. The highest BCUT2D eigenvalue weighted by atomic mass is 19.3.